The first-order valence-corrected chi connectivity index (χ1v) is 7.52. The zero-order valence-electron chi connectivity index (χ0n) is 12.4. The van der Waals surface area contributed by atoms with E-state index >= 15 is 0 Å². The van der Waals surface area contributed by atoms with Gasteiger partial charge in [-0.3, -0.25) is 9.78 Å². The number of aromatic nitrogens is 2. The van der Waals surface area contributed by atoms with E-state index < -0.39 is 11.9 Å². The number of carbonyl (C=O) groups is 1. The summed E-state index contributed by atoms with van der Waals surface area (Å²) in [5, 5.41) is 2.69. The molecule has 2 heterocycles. The van der Waals surface area contributed by atoms with Gasteiger partial charge in [0.25, 0.3) is 5.91 Å². The van der Waals surface area contributed by atoms with Crippen LogP contribution in [0.15, 0.2) is 29.0 Å². The van der Waals surface area contributed by atoms with Gasteiger partial charge >= 0.3 is 0 Å². The third kappa shape index (κ3) is 3.00. The summed E-state index contributed by atoms with van der Waals surface area (Å²) in [6.07, 6.45) is 7.31. The number of hydrogen-bond acceptors (Lipinski definition) is 4. The molecule has 116 valence electrons. The lowest BCUT2D eigenvalue weighted by Gasteiger charge is -2.12. The molecular weight excluding hydrogens is 285 g/mol. The fourth-order valence-corrected chi connectivity index (χ4v) is 2.81. The van der Waals surface area contributed by atoms with E-state index in [2.05, 4.69) is 15.3 Å². The molecule has 2 aromatic rings. The smallest absolute Gasteiger partial charge is 0.273 e. The molecule has 1 N–H and O–H groups in total. The van der Waals surface area contributed by atoms with Gasteiger partial charge in [-0.15, -0.1) is 0 Å². The Bertz CT molecular complexity index is 665. The van der Waals surface area contributed by atoms with Crippen LogP contribution in [0.4, 0.5) is 4.39 Å². The highest BCUT2D eigenvalue weighted by molar-refractivity contribution is 5.92. The summed E-state index contributed by atoms with van der Waals surface area (Å²) in [6.45, 7) is 1.68. The standard InChI is InChI=1S/C16H18FN3O2/c1-10(14-12(17)7-4-8-18-14)19-15(21)13-9-22-16(20-13)11-5-2-3-6-11/h4,7-11H,2-3,5-6H2,1H3,(H,19,21). The monoisotopic (exact) mass is 303 g/mol. The number of carbonyl (C=O) groups excluding carboxylic acids is 1. The Morgan fingerprint density at radius 2 is 2.23 bits per heavy atom. The third-order valence-electron chi connectivity index (χ3n) is 4.00. The SMILES string of the molecule is CC(NC(=O)c1coc(C2CCCC2)n1)c1ncccc1F. The topological polar surface area (TPSA) is 68.0 Å². The average Bonchev–Trinajstić information content (AvgIpc) is 3.18. The number of nitrogens with one attached hydrogen (secondary N) is 1. The maximum Gasteiger partial charge on any atom is 0.273 e. The van der Waals surface area contributed by atoms with Crippen LogP contribution in [0.1, 0.15) is 66.6 Å². The normalized spacial score (nSPS) is 16.6. The Labute approximate surface area is 128 Å². The van der Waals surface area contributed by atoms with Crippen LogP contribution in [-0.2, 0) is 0 Å². The summed E-state index contributed by atoms with van der Waals surface area (Å²) < 4.78 is 19.1. The fraction of sp³-hybridized carbons (Fsp3) is 0.438. The van der Waals surface area contributed by atoms with E-state index in [-0.39, 0.29) is 17.3 Å². The summed E-state index contributed by atoms with van der Waals surface area (Å²) >= 11 is 0. The lowest BCUT2D eigenvalue weighted by molar-refractivity contribution is 0.0933. The van der Waals surface area contributed by atoms with Crippen molar-refractivity contribution < 1.29 is 13.6 Å². The molecule has 1 fully saturated rings. The van der Waals surface area contributed by atoms with Gasteiger partial charge < -0.3 is 9.73 Å². The van der Waals surface area contributed by atoms with E-state index in [1.807, 2.05) is 0 Å². The van der Waals surface area contributed by atoms with Crippen molar-refractivity contribution in [2.45, 2.75) is 44.6 Å². The molecule has 0 bridgehead atoms. The Hall–Kier alpha value is -2.24. The molecule has 6 heteroatoms. The average molecular weight is 303 g/mol. The molecule has 2 aromatic heterocycles. The summed E-state index contributed by atoms with van der Waals surface area (Å²) in [4.78, 5) is 20.4. The van der Waals surface area contributed by atoms with Crippen molar-refractivity contribution in [3.63, 3.8) is 0 Å². The predicted octanol–water partition coefficient (Wildman–Crippen LogP) is 3.36. The quantitative estimate of drug-likeness (QED) is 0.940. The highest BCUT2D eigenvalue weighted by atomic mass is 19.1. The Balaban J connectivity index is 1.68. The van der Waals surface area contributed by atoms with Gasteiger partial charge in [-0.2, -0.15) is 0 Å². The molecule has 1 saturated carbocycles. The second-order valence-electron chi connectivity index (χ2n) is 5.62. The molecule has 1 aliphatic rings. The lowest BCUT2D eigenvalue weighted by Crippen LogP contribution is -2.28. The zero-order chi connectivity index (χ0) is 15.5. The minimum Gasteiger partial charge on any atom is -0.448 e. The van der Waals surface area contributed by atoms with Crippen LogP contribution in [0.3, 0.4) is 0 Å². The molecular formula is C16H18FN3O2. The Kier molecular flexibility index (Phi) is 4.18. The van der Waals surface area contributed by atoms with Gasteiger partial charge in [0.1, 0.15) is 12.1 Å². The number of oxazole rings is 1. The maximum absolute atomic E-state index is 13.7. The molecule has 5 nitrogen and oxygen atoms in total. The fourth-order valence-electron chi connectivity index (χ4n) is 2.81. The van der Waals surface area contributed by atoms with Gasteiger partial charge in [0.05, 0.1) is 11.7 Å². The van der Waals surface area contributed by atoms with E-state index in [9.17, 15) is 9.18 Å². The molecule has 22 heavy (non-hydrogen) atoms. The molecule has 0 aliphatic heterocycles. The van der Waals surface area contributed by atoms with Gasteiger partial charge in [-0.05, 0) is 31.9 Å². The summed E-state index contributed by atoms with van der Waals surface area (Å²) in [6, 6.07) is 2.29. The second-order valence-corrected chi connectivity index (χ2v) is 5.62. The number of amides is 1. The van der Waals surface area contributed by atoms with Crippen LogP contribution in [0, 0.1) is 5.82 Å². The molecule has 0 radical (unpaired) electrons. The van der Waals surface area contributed by atoms with Crippen LogP contribution in [-0.4, -0.2) is 15.9 Å². The van der Waals surface area contributed by atoms with E-state index in [4.69, 9.17) is 4.42 Å². The van der Waals surface area contributed by atoms with Crippen LogP contribution < -0.4 is 5.32 Å². The van der Waals surface area contributed by atoms with Gasteiger partial charge in [0, 0.05) is 12.1 Å². The van der Waals surface area contributed by atoms with E-state index in [0.717, 1.165) is 12.8 Å². The minimum absolute atomic E-state index is 0.204. The molecule has 1 unspecified atom stereocenters. The number of pyridine rings is 1. The van der Waals surface area contributed by atoms with Crippen LogP contribution in [0.5, 0.6) is 0 Å². The molecule has 3 rings (SSSR count). The van der Waals surface area contributed by atoms with Crippen LogP contribution in [0.2, 0.25) is 0 Å². The number of halogens is 1. The molecule has 1 amide bonds. The summed E-state index contributed by atoms with van der Waals surface area (Å²) in [5.41, 5.74) is 0.431. The second kappa shape index (κ2) is 6.25. The van der Waals surface area contributed by atoms with Crippen molar-refractivity contribution >= 4 is 5.91 Å². The van der Waals surface area contributed by atoms with Crippen molar-refractivity contribution in [3.8, 4) is 0 Å². The van der Waals surface area contributed by atoms with Gasteiger partial charge in [-0.1, -0.05) is 12.8 Å². The lowest BCUT2D eigenvalue weighted by atomic mass is 10.1. The molecule has 0 saturated heterocycles. The molecule has 0 aromatic carbocycles. The van der Waals surface area contributed by atoms with Crippen molar-refractivity contribution in [1.82, 2.24) is 15.3 Å². The molecule has 1 atom stereocenters. The number of hydrogen-bond donors (Lipinski definition) is 1. The highest BCUT2D eigenvalue weighted by Crippen LogP contribution is 2.33. The van der Waals surface area contributed by atoms with Crippen molar-refractivity contribution in [1.29, 1.82) is 0 Å². The zero-order valence-corrected chi connectivity index (χ0v) is 12.4. The number of nitrogens with zero attached hydrogens (tertiary/aromatic N) is 2. The van der Waals surface area contributed by atoms with E-state index in [0.29, 0.717) is 11.8 Å². The van der Waals surface area contributed by atoms with Gasteiger partial charge in [0.2, 0.25) is 0 Å². The first-order valence-electron chi connectivity index (χ1n) is 7.52. The molecule has 1 aliphatic carbocycles. The minimum atomic E-state index is -0.541. The molecule has 0 spiro atoms. The third-order valence-corrected chi connectivity index (χ3v) is 4.00. The predicted molar refractivity (Wildman–Crippen MR) is 77.8 cm³/mol. The van der Waals surface area contributed by atoms with Crippen LogP contribution in [0.25, 0.3) is 0 Å². The van der Waals surface area contributed by atoms with E-state index in [1.165, 1.54) is 37.4 Å². The van der Waals surface area contributed by atoms with Crippen molar-refractivity contribution in [2.75, 3.05) is 0 Å². The van der Waals surface area contributed by atoms with Crippen molar-refractivity contribution in [3.05, 3.63) is 47.7 Å². The van der Waals surface area contributed by atoms with Crippen molar-refractivity contribution in [2.24, 2.45) is 0 Å². The first kappa shape index (κ1) is 14.7. The summed E-state index contributed by atoms with van der Waals surface area (Å²) in [7, 11) is 0. The Morgan fingerprint density at radius 1 is 1.45 bits per heavy atom. The highest BCUT2D eigenvalue weighted by Gasteiger charge is 2.24. The Morgan fingerprint density at radius 3 is 2.95 bits per heavy atom. The van der Waals surface area contributed by atoms with Gasteiger partial charge in [-0.25, -0.2) is 9.37 Å². The first-order chi connectivity index (χ1) is 10.6. The number of rotatable bonds is 4. The largest absolute Gasteiger partial charge is 0.448 e. The maximum atomic E-state index is 13.7. The summed E-state index contributed by atoms with van der Waals surface area (Å²) in [5.74, 6) is 0.110. The van der Waals surface area contributed by atoms with E-state index in [1.54, 1.807) is 6.92 Å². The van der Waals surface area contributed by atoms with Gasteiger partial charge in [0.15, 0.2) is 11.6 Å². The van der Waals surface area contributed by atoms with Crippen LogP contribution >= 0.6 is 0 Å².